The van der Waals surface area contributed by atoms with E-state index in [9.17, 15) is 14.9 Å². The SMILES string of the molecule is COc1cccc(N2CCCCC2C(C)=O)c1[N+](=O)[O-]. The van der Waals surface area contributed by atoms with Crippen molar-refractivity contribution in [2.75, 3.05) is 18.6 Å². The normalized spacial score (nSPS) is 18.7. The second-order valence-corrected chi connectivity index (χ2v) is 4.90. The molecule has 0 aliphatic carbocycles. The predicted octanol–water partition coefficient (Wildman–Crippen LogP) is 2.55. The fourth-order valence-electron chi connectivity index (χ4n) is 2.73. The van der Waals surface area contributed by atoms with E-state index < -0.39 is 4.92 Å². The van der Waals surface area contributed by atoms with Crippen LogP contribution in [0.4, 0.5) is 11.4 Å². The van der Waals surface area contributed by atoms with Crippen LogP contribution in [0.15, 0.2) is 18.2 Å². The lowest BCUT2D eigenvalue weighted by Gasteiger charge is -2.35. The average molecular weight is 278 g/mol. The number of rotatable bonds is 4. The molecule has 1 fully saturated rings. The lowest BCUT2D eigenvalue weighted by Crippen LogP contribution is -2.44. The molecule has 2 rings (SSSR count). The van der Waals surface area contributed by atoms with Gasteiger partial charge in [0, 0.05) is 6.54 Å². The van der Waals surface area contributed by atoms with Gasteiger partial charge in [0.15, 0.2) is 11.5 Å². The fourth-order valence-corrected chi connectivity index (χ4v) is 2.73. The Balaban J connectivity index is 2.50. The molecule has 6 nitrogen and oxygen atoms in total. The van der Waals surface area contributed by atoms with Crippen LogP contribution >= 0.6 is 0 Å². The Hall–Kier alpha value is -2.11. The highest BCUT2D eigenvalue weighted by Crippen LogP contribution is 2.39. The molecule has 0 aromatic heterocycles. The van der Waals surface area contributed by atoms with E-state index in [-0.39, 0.29) is 23.3 Å². The van der Waals surface area contributed by atoms with Crippen molar-refractivity contribution in [3.8, 4) is 5.75 Å². The summed E-state index contributed by atoms with van der Waals surface area (Å²) in [5.41, 5.74) is 0.400. The van der Waals surface area contributed by atoms with E-state index in [1.165, 1.54) is 14.0 Å². The van der Waals surface area contributed by atoms with Gasteiger partial charge in [0.1, 0.15) is 5.69 Å². The molecule has 0 bridgehead atoms. The molecule has 20 heavy (non-hydrogen) atoms. The van der Waals surface area contributed by atoms with Crippen molar-refractivity contribution >= 4 is 17.2 Å². The number of methoxy groups -OCH3 is 1. The summed E-state index contributed by atoms with van der Waals surface area (Å²) in [5, 5.41) is 11.3. The Bertz CT molecular complexity index is 530. The van der Waals surface area contributed by atoms with Crippen LogP contribution in [0.1, 0.15) is 26.2 Å². The molecule has 108 valence electrons. The number of ketones is 1. The summed E-state index contributed by atoms with van der Waals surface area (Å²) in [4.78, 5) is 24.5. The molecule has 1 atom stereocenters. The first kappa shape index (κ1) is 14.3. The van der Waals surface area contributed by atoms with Crippen molar-refractivity contribution in [1.82, 2.24) is 0 Å². The minimum atomic E-state index is -0.444. The zero-order valence-corrected chi connectivity index (χ0v) is 11.7. The van der Waals surface area contributed by atoms with Crippen molar-refractivity contribution < 1.29 is 14.5 Å². The van der Waals surface area contributed by atoms with Crippen LogP contribution in [-0.4, -0.2) is 30.4 Å². The molecule has 1 aromatic carbocycles. The molecule has 1 unspecified atom stereocenters. The van der Waals surface area contributed by atoms with Crippen LogP contribution in [0.2, 0.25) is 0 Å². The lowest BCUT2D eigenvalue weighted by atomic mass is 9.98. The first-order chi connectivity index (χ1) is 9.56. The molecular weight excluding hydrogens is 260 g/mol. The Labute approximate surface area is 117 Å². The first-order valence-electron chi connectivity index (χ1n) is 6.64. The number of nitro benzene ring substituents is 1. The number of para-hydroxylation sites is 1. The highest BCUT2D eigenvalue weighted by atomic mass is 16.6. The third-order valence-corrected chi connectivity index (χ3v) is 3.66. The molecule has 6 heteroatoms. The van der Waals surface area contributed by atoms with Crippen LogP contribution in [0, 0.1) is 10.1 Å². The van der Waals surface area contributed by atoms with E-state index in [0.717, 1.165) is 19.3 Å². The summed E-state index contributed by atoms with van der Waals surface area (Å²) >= 11 is 0. The molecule has 0 N–H and O–H groups in total. The standard InChI is InChI=1S/C14H18N2O4/c1-10(17)11-6-3-4-9-15(11)12-7-5-8-13(20-2)14(12)16(18)19/h5,7-8,11H,3-4,6,9H2,1-2H3. The van der Waals surface area contributed by atoms with Gasteiger partial charge in [-0.3, -0.25) is 14.9 Å². The molecule has 1 aliphatic heterocycles. The minimum absolute atomic E-state index is 0.0433. The number of hydrogen-bond acceptors (Lipinski definition) is 5. The van der Waals surface area contributed by atoms with Gasteiger partial charge >= 0.3 is 5.69 Å². The lowest BCUT2D eigenvalue weighted by molar-refractivity contribution is -0.385. The van der Waals surface area contributed by atoms with Gasteiger partial charge in [-0.2, -0.15) is 0 Å². The van der Waals surface area contributed by atoms with Gasteiger partial charge < -0.3 is 9.64 Å². The van der Waals surface area contributed by atoms with E-state index in [4.69, 9.17) is 4.74 Å². The van der Waals surface area contributed by atoms with E-state index in [1.807, 2.05) is 4.90 Å². The number of anilines is 1. The van der Waals surface area contributed by atoms with Gasteiger partial charge in [-0.15, -0.1) is 0 Å². The van der Waals surface area contributed by atoms with Gasteiger partial charge in [0.05, 0.1) is 18.1 Å². The van der Waals surface area contributed by atoms with Crippen LogP contribution in [-0.2, 0) is 4.79 Å². The number of hydrogen-bond donors (Lipinski definition) is 0. The van der Waals surface area contributed by atoms with E-state index in [2.05, 4.69) is 0 Å². The Morgan fingerprint density at radius 3 is 2.80 bits per heavy atom. The highest BCUT2D eigenvalue weighted by Gasteiger charge is 2.32. The third kappa shape index (κ3) is 2.59. The molecule has 1 aliphatic rings. The number of Topliss-reactive ketones (excluding diaryl/α,β-unsaturated/α-hetero) is 1. The number of nitrogens with zero attached hydrogens (tertiary/aromatic N) is 2. The summed E-state index contributed by atoms with van der Waals surface area (Å²) in [5.74, 6) is 0.266. The second kappa shape index (κ2) is 5.90. The topological polar surface area (TPSA) is 72.7 Å². The Morgan fingerprint density at radius 2 is 2.20 bits per heavy atom. The van der Waals surface area contributed by atoms with Crippen molar-refractivity contribution in [1.29, 1.82) is 0 Å². The van der Waals surface area contributed by atoms with Crippen molar-refractivity contribution in [2.45, 2.75) is 32.2 Å². The van der Waals surface area contributed by atoms with Crippen molar-refractivity contribution in [3.05, 3.63) is 28.3 Å². The van der Waals surface area contributed by atoms with Crippen LogP contribution in [0.25, 0.3) is 0 Å². The average Bonchev–Trinajstić information content (AvgIpc) is 2.46. The predicted molar refractivity (Wildman–Crippen MR) is 75.3 cm³/mol. The molecular formula is C14H18N2O4. The maximum atomic E-state index is 11.8. The monoisotopic (exact) mass is 278 g/mol. The van der Waals surface area contributed by atoms with Crippen LogP contribution in [0.5, 0.6) is 5.75 Å². The van der Waals surface area contributed by atoms with Crippen LogP contribution < -0.4 is 9.64 Å². The number of piperidine rings is 1. The summed E-state index contributed by atoms with van der Waals surface area (Å²) in [7, 11) is 1.41. The van der Waals surface area contributed by atoms with Gasteiger partial charge in [-0.25, -0.2) is 0 Å². The number of carbonyl (C=O) groups is 1. The van der Waals surface area contributed by atoms with Crippen LogP contribution in [0.3, 0.4) is 0 Å². The largest absolute Gasteiger partial charge is 0.490 e. The third-order valence-electron chi connectivity index (χ3n) is 3.66. The molecule has 1 saturated heterocycles. The zero-order valence-electron chi connectivity index (χ0n) is 11.7. The van der Waals surface area contributed by atoms with E-state index >= 15 is 0 Å². The van der Waals surface area contributed by atoms with Gasteiger partial charge in [-0.1, -0.05) is 6.07 Å². The molecule has 1 aromatic rings. The quantitative estimate of drug-likeness (QED) is 0.625. The molecule has 1 heterocycles. The summed E-state index contributed by atoms with van der Waals surface area (Å²) in [6.45, 7) is 2.19. The van der Waals surface area contributed by atoms with E-state index in [0.29, 0.717) is 12.2 Å². The molecule has 0 spiro atoms. The maximum Gasteiger partial charge on any atom is 0.333 e. The van der Waals surface area contributed by atoms with Gasteiger partial charge in [0.2, 0.25) is 0 Å². The first-order valence-corrected chi connectivity index (χ1v) is 6.64. The van der Waals surface area contributed by atoms with Crippen molar-refractivity contribution in [2.24, 2.45) is 0 Å². The Morgan fingerprint density at radius 1 is 1.45 bits per heavy atom. The maximum absolute atomic E-state index is 11.8. The zero-order chi connectivity index (χ0) is 14.7. The number of nitro groups is 1. The summed E-state index contributed by atoms with van der Waals surface area (Å²) in [6, 6.07) is 4.68. The van der Waals surface area contributed by atoms with Crippen molar-refractivity contribution in [3.63, 3.8) is 0 Å². The molecule has 0 saturated carbocycles. The fraction of sp³-hybridized carbons (Fsp3) is 0.500. The van der Waals surface area contributed by atoms with E-state index in [1.54, 1.807) is 18.2 Å². The second-order valence-electron chi connectivity index (χ2n) is 4.90. The molecule has 0 radical (unpaired) electrons. The minimum Gasteiger partial charge on any atom is -0.490 e. The Kier molecular flexibility index (Phi) is 4.22. The number of carbonyl (C=O) groups excluding carboxylic acids is 1. The van der Waals surface area contributed by atoms with Gasteiger partial charge in [0.25, 0.3) is 0 Å². The number of ether oxygens (including phenoxy) is 1. The number of benzene rings is 1. The highest BCUT2D eigenvalue weighted by molar-refractivity contribution is 5.86. The smallest absolute Gasteiger partial charge is 0.333 e. The summed E-state index contributed by atoms with van der Waals surface area (Å²) in [6.07, 6.45) is 2.64. The van der Waals surface area contributed by atoms with Gasteiger partial charge in [-0.05, 0) is 38.3 Å². The summed E-state index contributed by atoms with van der Waals surface area (Å²) < 4.78 is 5.08. The molecule has 0 amide bonds.